The van der Waals surface area contributed by atoms with Crippen LogP contribution in [0, 0.1) is 0 Å². The molecule has 0 spiro atoms. The number of rotatable bonds is 4. The Hall–Kier alpha value is -1.82. The number of aromatic nitrogens is 1. The number of carbonyl (C=O) groups excluding carboxylic acids is 1. The summed E-state index contributed by atoms with van der Waals surface area (Å²) >= 11 is 1.78. The number of nitrogens with two attached hydrogens (primary N) is 1. The van der Waals surface area contributed by atoms with Crippen LogP contribution in [-0.4, -0.2) is 16.9 Å². The van der Waals surface area contributed by atoms with Crippen molar-refractivity contribution in [2.24, 2.45) is 5.73 Å². The number of carbonyl (C=O) groups is 1. The predicted molar refractivity (Wildman–Crippen MR) is 105 cm³/mol. The third-order valence-corrected chi connectivity index (χ3v) is 5.82. The number of thiophene rings is 1. The van der Waals surface area contributed by atoms with Crippen LogP contribution >= 0.6 is 23.7 Å². The first-order chi connectivity index (χ1) is 11.7. The maximum Gasteiger partial charge on any atom is 0.237 e. The van der Waals surface area contributed by atoms with Gasteiger partial charge in [0.2, 0.25) is 5.91 Å². The lowest BCUT2D eigenvalue weighted by atomic mass is 9.93. The van der Waals surface area contributed by atoms with E-state index in [0.717, 1.165) is 35.7 Å². The smallest absolute Gasteiger partial charge is 0.237 e. The van der Waals surface area contributed by atoms with E-state index in [-0.39, 0.29) is 24.4 Å². The highest BCUT2D eigenvalue weighted by molar-refractivity contribution is 7.10. The van der Waals surface area contributed by atoms with Crippen LogP contribution in [-0.2, 0) is 17.6 Å². The molecule has 0 saturated heterocycles. The van der Waals surface area contributed by atoms with E-state index < -0.39 is 6.04 Å². The number of amides is 1. The first-order valence-electron chi connectivity index (χ1n) is 8.39. The molecule has 2 atom stereocenters. The molecule has 0 saturated carbocycles. The zero-order chi connectivity index (χ0) is 16.5. The summed E-state index contributed by atoms with van der Waals surface area (Å²) in [6.07, 6.45) is 5.74. The number of hydrogen-bond acceptors (Lipinski definition) is 3. The highest BCUT2D eigenvalue weighted by Gasteiger charge is 2.25. The van der Waals surface area contributed by atoms with Gasteiger partial charge >= 0.3 is 0 Å². The van der Waals surface area contributed by atoms with Gasteiger partial charge in [-0.05, 0) is 54.3 Å². The molecule has 4 rings (SSSR count). The average Bonchev–Trinajstić information content (AvgIpc) is 3.23. The van der Waals surface area contributed by atoms with E-state index in [4.69, 9.17) is 5.73 Å². The normalized spacial score (nSPS) is 17.6. The number of para-hydroxylation sites is 1. The molecule has 1 aliphatic carbocycles. The first kappa shape index (κ1) is 18.0. The fraction of sp³-hybridized carbons (Fsp3) is 0.316. The Bertz CT molecular complexity index is 872. The molecule has 132 valence electrons. The van der Waals surface area contributed by atoms with Crippen molar-refractivity contribution in [1.29, 1.82) is 0 Å². The minimum atomic E-state index is -0.534. The molecule has 1 aromatic carbocycles. The monoisotopic (exact) mass is 375 g/mol. The molecule has 0 bridgehead atoms. The molecule has 4 nitrogen and oxygen atoms in total. The summed E-state index contributed by atoms with van der Waals surface area (Å²) in [5, 5.41) is 6.40. The Labute approximate surface area is 157 Å². The third-order valence-electron chi connectivity index (χ3n) is 4.82. The molecular weight excluding hydrogens is 354 g/mol. The molecule has 2 heterocycles. The summed E-state index contributed by atoms with van der Waals surface area (Å²) in [4.78, 5) is 17.2. The Morgan fingerprint density at radius 3 is 3.08 bits per heavy atom. The second-order valence-electron chi connectivity index (χ2n) is 6.42. The third kappa shape index (κ3) is 3.59. The highest BCUT2D eigenvalue weighted by Crippen LogP contribution is 2.33. The van der Waals surface area contributed by atoms with Gasteiger partial charge < -0.3 is 16.0 Å². The first-order valence-corrected chi connectivity index (χ1v) is 9.27. The second kappa shape index (κ2) is 7.60. The molecule has 2 aromatic heterocycles. The summed E-state index contributed by atoms with van der Waals surface area (Å²) in [7, 11) is 0. The summed E-state index contributed by atoms with van der Waals surface area (Å²) in [5.41, 5.74) is 9.64. The SMILES string of the molecule is Cl.N[C@@H](Cc1c[nH]c2ccccc12)C(=O)NC1CCCc2sccc21. The highest BCUT2D eigenvalue weighted by atomic mass is 35.5. The van der Waals surface area contributed by atoms with Gasteiger partial charge in [-0.3, -0.25) is 4.79 Å². The minimum absolute atomic E-state index is 0. The van der Waals surface area contributed by atoms with Crippen molar-refractivity contribution in [2.75, 3.05) is 0 Å². The molecule has 3 aromatic rings. The Morgan fingerprint density at radius 1 is 1.36 bits per heavy atom. The van der Waals surface area contributed by atoms with Crippen molar-refractivity contribution >= 4 is 40.6 Å². The van der Waals surface area contributed by atoms with Crippen LogP contribution < -0.4 is 11.1 Å². The average molecular weight is 376 g/mol. The van der Waals surface area contributed by atoms with Gasteiger partial charge in [0.05, 0.1) is 12.1 Å². The molecule has 4 N–H and O–H groups in total. The van der Waals surface area contributed by atoms with Crippen LogP contribution in [0.3, 0.4) is 0 Å². The lowest BCUT2D eigenvalue weighted by Gasteiger charge is -2.25. The number of hydrogen-bond donors (Lipinski definition) is 3. The largest absolute Gasteiger partial charge is 0.361 e. The van der Waals surface area contributed by atoms with E-state index in [0.29, 0.717) is 6.42 Å². The van der Waals surface area contributed by atoms with Crippen molar-refractivity contribution in [2.45, 2.75) is 37.8 Å². The van der Waals surface area contributed by atoms with Gasteiger partial charge in [0.25, 0.3) is 0 Å². The number of aromatic amines is 1. The standard InChI is InChI=1S/C19H21N3OS.ClH/c20-15(10-12-11-21-16-5-2-1-4-13(12)16)19(23)22-17-6-3-7-18-14(17)8-9-24-18;/h1-2,4-5,8-9,11,15,17,21H,3,6-7,10,20H2,(H,22,23);1H/t15-,17?;/m0./s1. The quantitative estimate of drug-likeness (QED) is 0.650. The van der Waals surface area contributed by atoms with Crippen LogP contribution in [0.1, 0.15) is 34.9 Å². The molecule has 25 heavy (non-hydrogen) atoms. The molecule has 1 unspecified atom stereocenters. The summed E-state index contributed by atoms with van der Waals surface area (Å²) < 4.78 is 0. The van der Waals surface area contributed by atoms with Gasteiger partial charge in [0.1, 0.15) is 0 Å². The molecule has 0 aliphatic heterocycles. The molecule has 1 aliphatic rings. The van der Waals surface area contributed by atoms with E-state index in [1.54, 1.807) is 11.3 Å². The van der Waals surface area contributed by atoms with E-state index in [2.05, 4.69) is 27.8 Å². The van der Waals surface area contributed by atoms with Crippen molar-refractivity contribution in [3.63, 3.8) is 0 Å². The summed E-state index contributed by atoms with van der Waals surface area (Å²) in [6, 6.07) is 9.81. The van der Waals surface area contributed by atoms with Gasteiger partial charge in [-0.1, -0.05) is 18.2 Å². The van der Waals surface area contributed by atoms with Gasteiger partial charge in [-0.25, -0.2) is 0 Å². The van der Waals surface area contributed by atoms with Gasteiger partial charge in [0, 0.05) is 22.0 Å². The number of aryl methyl sites for hydroxylation is 1. The fourth-order valence-electron chi connectivity index (χ4n) is 3.55. The fourth-order valence-corrected chi connectivity index (χ4v) is 4.53. The maximum atomic E-state index is 12.6. The van der Waals surface area contributed by atoms with Crippen LogP contribution in [0.4, 0.5) is 0 Å². The van der Waals surface area contributed by atoms with Crippen molar-refractivity contribution < 1.29 is 4.79 Å². The van der Waals surface area contributed by atoms with E-state index >= 15 is 0 Å². The lowest BCUT2D eigenvalue weighted by Crippen LogP contribution is -2.44. The zero-order valence-corrected chi connectivity index (χ0v) is 15.5. The molecule has 6 heteroatoms. The van der Waals surface area contributed by atoms with Crippen molar-refractivity contribution in [1.82, 2.24) is 10.3 Å². The number of halogens is 1. The summed E-state index contributed by atoms with van der Waals surface area (Å²) in [6.45, 7) is 0. The van der Waals surface area contributed by atoms with Crippen LogP contribution in [0.2, 0.25) is 0 Å². The zero-order valence-electron chi connectivity index (χ0n) is 13.8. The molecule has 0 radical (unpaired) electrons. The Kier molecular flexibility index (Phi) is 5.47. The van der Waals surface area contributed by atoms with Crippen LogP contribution in [0.5, 0.6) is 0 Å². The molecule has 1 amide bonds. The van der Waals surface area contributed by atoms with Gasteiger partial charge in [-0.2, -0.15) is 0 Å². The van der Waals surface area contributed by atoms with Crippen molar-refractivity contribution in [3.05, 3.63) is 57.9 Å². The van der Waals surface area contributed by atoms with Crippen LogP contribution in [0.25, 0.3) is 10.9 Å². The summed E-state index contributed by atoms with van der Waals surface area (Å²) in [5.74, 6) is -0.0654. The van der Waals surface area contributed by atoms with E-state index in [9.17, 15) is 4.79 Å². The van der Waals surface area contributed by atoms with Gasteiger partial charge in [0.15, 0.2) is 0 Å². The van der Waals surface area contributed by atoms with Crippen LogP contribution in [0.15, 0.2) is 41.9 Å². The topological polar surface area (TPSA) is 70.9 Å². The molecule has 0 fully saturated rings. The Balaban J connectivity index is 0.00000182. The van der Waals surface area contributed by atoms with Crippen molar-refractivity contribution in [3.8, 4) is 0 Å². The maximum absolute atomic E-state index is 12.6. The number of benzene rings is 1. The number of nitrogens with one attached hydrogen (secondary N) is 2. The minimum Gasteiger partial charge on any atom is -0.361 e. The van der Waals surface area contributed by atoms with E-state index in [1.807, 2.05) is 24.4 Å². The Morgan fingerprint density at radius 2 is 2.20 bits per heavy atom. The number of fused-ring (bicyclic) bond motifs is 2. The lowest BCUT2D eigenvalue weighted by molar-refractivity contribution is -0.123. The predicted octanol–water partition coefficient (Wildman–Crippen LogP) is 3.71. The van der Waals surface area contributed by atoms with E-state index in [1.165, 1.54) is 10.4 Å². The van der Waals surface area contributed by atoms with Gasteiger partial charge in [-0.15, -0.1) is 23.7 Å². The second-order valence-corrected chi connectivity index (χ2v) is 7.42. The number of H-pyrrole nitrogens is 1. The molecular formula is C19H22ClN3OS.